The highest BCUT2D eigenvalue weighted by atomic mass is 33.1. The topological polar surface area (TPSA) is 108 Å². The number of aromatic hydroxyl groups is 1. The van der Waals surface area contributed by atoms with Gasteiger partial charge in [-0.05, 0) is 42.7 Å². The number of ether oxygens (including phenoxy) is 1. The number of hydrogen-bond donors (Lipinski definition) is 3. The lowest BCUT2D eigenvalue weighted by atomic mass is 9.92. The maximum Gasteiger partial charge on any atom is 0.341 e. The average molecular weight is 586 g/mol. The van der Waals surface area contributed by atoms with E-state index in [1.807, 2.05) is 0 Å². The highest BCUT2D eigenvalue weighted by Crippen LogP contribution is 2.28. The van der Waals surface area contributed by atoms with Crippen LogP contribution in [0.5, 0.6) is 5.75 Å². The van der Waals surface area contributed by atoms with Crippen molar-refractivity contribution < 1.29 is 24.2 Å². The normalized spacial score (nSPS) is 11.9. The van der Waals surface area contributed by atoms with Gasteiger partial charge in [-0.15, -0.1) is 11.8 Å². The van der Waals surface area contributed by atoms with Crippen LogP contribution in [0.25, 0.3) is 0 Å². The molecule has 0 spiro atoms. The molecule has 0 bridgehead atoms. The second-order valence-corrected chi connectivity index (χ2v) is 14.9. The minimum absolute atomic E-state index is 0.00343. The number of nitrogens with one attached hydrogen (secondary N) is 2. The van der Waals surface area contributed by atoms with E-state index in [0.717, 1.165) is 19.4 Å². The standard InChI is InChI=1S/C27H43N3O5S3/c1-26(2,3)11-8-14-30(6)15-12-27(4,5)36-18-23(32)28-13-16-37-38-19-24(33)29-20-9-10-22(31)21(17-20)25(34)35-7/h8-10,14,17,31H,11-13,15-16,18-19H2,1-7H3,(H,28,32)(H,29,33)/b14-8-. The first-order valence-corrected chi connectivity index (χ1v) is 15.9. The van der Waals surface area contributed by atoms with Crippen molar-refractivity contribution in [3.63, 3.8) is 0 Å². The average Bonchev–Trinajstić information content (AvgIpc) is 2.83. The van der Waals surface area contributed by atoms with Gasteiger partial charge in [0.2, 0.25) is 11.8 Å². The van der Waals surface area contributed by atoms with Gasteiger partial charge in [-0.25, -0.2) is 4.79 Å². The predicted octanol–water partition coefficient (Wildman–Crippen LogP) is 5.40. The zero-order valence-electron chi connectivity index (χ0n) is 23.6. The number of anilines is 1. The Labute approximate surface area is 239 Å². The first-order valence-electron chi connectivity index (χ1n) is 12.5. The van der Waals surface area contributed by atoms with Gasteiger partial charge in [0, 0.05) is 36.3 Å². The minimum atomic E-state index is -0.681. The number of nitrogens with zero attached hydrogens (tertiary/aromatic N) is 1. The molecule has 38 heavy (non-hydrogen) atoms. The van der Waals surface area contributed by atoms with Crippen molar-refractivity contribution >= 4 is 56.8 Å². The van der Waals surface area contributed by atoms with Crippen LogP contribution in [0.3, 0.4) is 0 Å². The first-order chi connectivity index (χ1) is 17.7. The Hall–Kier alpha value is -1.98. The highest BCUT2D eigenvalue weighted by Gasteiger charge is 2.20. The third kappa shape index (κ3) is 15.4. The van der Waals surface area contributed by atoms with Gasteiger partial charge in [0.05, 0.1) is 18.6 Å². The van der Waals surface area contributed by atoms with Gasteiger partial charge in [-0.3, -0.25) is 9.59 Å². The quantitative estimate of drug-likeness (QED) is 0.102. The van der Waals surface area contributed by atoms with Gasteiger partial charge >= 0.3 is 5.97 Å². The van der Waals surface area contributed by atoms with Gasteiger partial charge in [0.1, 0.15) is 11.3 Å². The Morgan fingerprint density at radius 1 is 1.08 bits per heavy atom. The van der Waals surface area contributed by atoms with Crippen molar-refractivity contribution in [2.75, 3.05) is 49.8 Å². The van der Waals surface area contributed by atoms with E-state index in [1.54, 1.807) is 11.8 Å². The number of allylic oxidation sites excluding steroid dienone is 1. The van der Waals surface area contributed by atoms with Crippen LogP contribution in [-0.2, 0) is 14.3 Å². The van der Waals surface area contributed by atoms with Gasteiger partial charge in [-0.2, -0.15) is 0 Å². The smallest absolute Gasteiger partial charge is 0.341 e. The minimum Gasteiger partial charge on any atom is -0.507 e. The van der Waals surface area contributed by atoms with Gasteiger partial charge in [-0.1, -0.05) is 62.3 Å². The van der Waals surface area contributed by atoms with Crippen LogP contribution in [0.1, 0.15) is 57.8 Å². The molecule has 0 fully saturated rings. The molecule has 0 saturated heterocycles. The molecule has 0 heterocycles. The molecular weight excluding hydrogens is 543 g/mol. The Morgan fingerprint density at radius 3 is 2.45 bits per heavy atom. The summed E-state index contributed by atoms with van der Waals surface area (Å²) in [5, 5.41) is 15.4. The van der Waals surface area contributed by atoms with Gasteiger partial charge in [0.15, 0.2) is 0 Å². The Balaban J connectivity index is 2.21. The van der Waals surface area contributed by atoms with Gasteiger partial charge < -0.3 is 25.4 Å². The number of carbonyl (C=O) groups excluding carboxylic acids is 3. The Morgan fingerprint density at radius 2 is 1.79 bits per heavy atom. The van der Waals surface area contributed by atoms with E-state index in [4.69, 9.17) is 0 Å². The molecule has 0 saturated carbocycles. The van der Waals surface area contributed by atoms with Crippen LogP contribution in [0, 0.1) is 5.41 Å². The molecule has 214 valence electrons. The highest BCUT2D eigenvalue weighted by molar-refractivity contribution is 8.76. The molecule has 1 aromatic carbocycles. The van der Waals surface area contributed by atoms with Crippen molar-refractivity contribution in [2.24, 2.45) is 5.41 Å². The molecule has 0 aliphatic heterocycles. The summed E-state index contributed by atoms with van der Waals surface area (Å²) in [6, 6.07) is 4.21. The maximum atomic E-state index is 12.2. The monoisotopic (exact) mass is 585 g/mol. The molecule has 3 N–H and O–H groups in total. The summed E-state index contributed by atoms with van der Waals surface area (Å²) >= 11 is 1.66. The number of phenolic OH excluding ortho intramolecular Hbond substituents is 1. The lowest BCUT2D eigenvalue weighted by Gasteiger charge is -2.26. The largest absolute Gasteiger partial charge is 0.507 e. The van der Waals surface area contributed by atoms with Crippen molar-refractivity contribution in [2.45, 2.75) is 52.2 Å². The fourth-order valence-corrected chi connectivity index (χ4v) is 5.56. The van der Waals surface area contributed by atoms with Crippen LogP contribution in [0.15, 0.2) is 30.5 Å². The van der Waals surface area contributed by atoms with Crippen LogP contribution in [0.4, 0.5) is 5.69 Å². The number of hydrogen-bond acceptors (Lipinski definition) is 9. The Kier molecular flexibility index (Phi) is 15.1. The Bertz CT molecular complexity index is 948. The third-order valence-electron chi connectivity index (χ3n) is 5.22. The molecule has 0 unspecified atom stereocenters. The summed E-state index contributed by atoms with van der Waals surface area (Å²) in [7, 11) is 6.18. The number of phenols is 1. The van der Waals surface area contributed by atoms with E-state index in [2.05, 4.69) is 74.2 Å². The van der Waals surface area contributed by atoms with Crippen LogP contribution in [-0.4, -0.2) is 77.0 Å². The second-order valence-electron chi connectivity index (χ2n) is 10.6. The molecule has 0 aliphatic rings. The summed E-state index contributed by atoms with van der Waals surface area (Å²) in [5.74, 6) is 0.180. The van der Waals surface area contributed by atoms with Gasteiger partial charge in [0.25, 0.3) is 0 Å². The molecule has 0 aromatic heterocycles. The zero-order chi connectivity index (χ0) is 28.8. The molecule has 0 aliphatic carbocycles. The lowest BCUT2D eigenvalue weighted by molar-refractivity contribution is -0.118. The SMILES string of the molecule is COC(=O)c1cc(NC(=O)CSSCCNC(=O)CSC(C)(C)CCN(C)/C=C\CC(C)(C)C)ccc1O. The van der Waals surface area contributed by atoms with E-state index in [-0.39, 0.29) is 33.6 Å². The maximum absolute atomic E-state index is 12.2. The summed E-state index contributed by atoms with van der Waals surface area (Å²) in [4.78, 5) is 38.3. The molecule has 1 rings (SSSR count). The van der Waals surface area contributed by atoms with E-state index >= 15 is 0 Å². The third-order valence-corrected chi connectivity index (χ3v) is 8.88. The van der Waals surface area contributed by atoms with Crippen molar-refractivity contribution in [3.05, 3.63) is 36.0 Å². The fourth-order valence-electron chi connectivity index (χ4n) is 2.96. The van der Waals surface area contributed by atoms with E-state index in [9.17, 15) is 19.5 Å². The predicted molar refractivity (Wildman–Crippen MR) is 163 cm³/mol. The number of amides is 2. The first kappa shape index (κ1) is 34.0. The molecule has 1 aromatic rings. The lowest BCUT2D eigenvalue weighted by Crippen LogP contribution is -2.30. The number of methoxy groups -OCH3 is 1. The molecule has 0 atom stereocenters. The number of rotatable bonds is 16. The van der Waals surface area contributed by atoms with Crippen LogP contribution >= 0.6 is 33.3 Å². The zero-order valence-corrected chi connectivity index (χ0v) is 26.0. The molecular formula is C27H43N3O5S3. The number of thioether (sulfide) groups is 1. The fraction of sp³-hybridized carbons (Fsp3) is 0.593. The van der Waals surface area contributed by atoms with E-state index < -0.39 is 5.97 Å². The van der Waals surface area contributed by atoms with Crippen molar-refractivity contribution in [1.29, 1.82) is 0 Å². The number of esters is 1. The summed E-state index contributed by atoms with van der Waals surface area (Å²) in [5.41, 5.74) is 0.676. The van der Waals surface area contributed by atoms with E-state index in [1.165, 1.54) is 46.9 Å². The molecule has 0 radical (unpaired) electrons. The number of benzene rings is 1. The molecule has 2 amide bonds. The summed E-state index contributed by atoms with van der Waals surface area (Å²) in [6.07, 6.45) is 6.38. The number of carbonyl (C=O) groups is 3. The second kappa shape index (κ2) is 16.9. The summed E-state index contributed by atoms with van der Waals surface area (Å²) < 4.78 is 4.61. The van der Waals surface area contributed by atoms with Crippen molar-refractivity contribution in [3.8, 4) is 5.75 Å². The summed E-state index contributed by atoms with van der Waals surface area (Å²) in [6.45, 7) is 12.5. The molecule has 8 nitrogen and oxygen atoms in total. The van der Waals surface area contributed by atoms with Crippen molar-refractivity contribution in [1.82, 2.24) is 10.2 Å². The molecule has 11 heteroatoms. The van der Waals surface area contributed by atoms with Crippen LogP contribution < -0.4 is 10.6 Å². The van der Waals surface area contributed by atoms with E-state index in [0.29, 0.717) is 29.2 Å². The van der Waals surface area contributed by atoms with Crippen LogP contribution in [0.2, 0.25) is 0 Å².